The molecule has 0 saturated heterocycles. The van der Waals surface area contributed by atoms with Crippen LogP contribution in [0.5, 0.6) is 5.75 Å². The van der Waals surface area contributed by atoms with E-state index in [2.05, 4.69) is 10.3 Å². The average Bonchev–Trinajstić information content (AvgIpc) is 3.20. The lowest BCUT2D eigenvalue weighted by Gasteiger charge is -2.22. The second-order valence-electron chi connectivity index (χ2n) is 7.58. The van der Waals surface area contributed by atoms with Crippen LogP contribution in [-0.4, -0.2) is 46.5 Å². The Morgan fingerprint density at radius 1 is 1.12 bits per heavy atom. The summed E-state index contributed by atoms with van der Waals surface area (Å²) in [4.78, 5) is 31.3. The molecule has 0 atom stereocenters. The fourth-order valence-corrected chi connectivity index (χ4v) is 3.34. The molecule has 0 bridgehead atoms. The van der Waals surface area contributed by atoms with Gasteiger partial charge in [0.05, 0.1) is 19.3 Å². The topological polar surface area (TPSA) is 76.5 Å². The number of hydrogen-bond acceptors (Lipinski definition) is 4. The Balaban J connectivity index is 1.92. The highest BCUT2D eigenvalue weighted by atomic mass is 35.5. The van der Waals surface area contributed by atoms with Gasteiger partial charge in [-0.05, 0) is 43.3 Å². The van der Waals surface area contributed by atoms with Gasteiger partial charge >= 0.3 is 0 Å². The lowest BCUT2D eigenvalue weighted by molar-refractivity contribution is -0.137. The Bertz CT molecular complexity index is 1080. The standard InChI is InChI=1S/C24H27ClN4O3/c1-5-28(23(31)16(2)3)15-22(30)27-24-26-21(17-6-8-18(25)9-7-17)14-29(24)19-10-12-20(32-4)13-11-19/h6-14,16H,5,15H2,1-4H3,(H,26,27,30). The number of methoxy groups -OCH3 is 1. The predicted molar refractivity (Wildman–Crippen MR) is 126 cm³/mol. The van der Waals surface area contributed by atoms with Gasteiger partial charge in [-0.15, -0.1) is 0 Å². The van der Waals surface area contributed by atoms with Crippen LogP contribution in [0.4, 0.5) is 5.95 Å². The molecule has 1 aromatic heterocycles. The fraction of sp³-hybridized carbons (Fsp3) is 0.292. The monoisotopic (exact) mass is 454 g/mol. The molecular weight excluding hydrogens is 428 g/mol. The summed E-state index contributed by atoms with van der Waals surface area (Å²) in [6.07, 6.45) is 1.84. The number of benzene rings is 2. The zero-order chi connectivity index (χ0) is 23.3. The van der Waals surface area contributed by atoms with Gasteiger partial charge in [0.25, 0.3) is 0 Å². The molecule has 1 heterocycles. The molecule has 32 heavy (non-hydrogen) atoms. The molecule has 168 valence electrons. The molecular formula is C24H27ClN4O3. The number of carbonyl (C=O) groups excluding carboxylic acids is 2. The largest absolute Gasteiger partial charge is 0.497 e. The fourth-order valence-electron chi connectivity index (χ4n) is 3.22. The zero-order valence-corrected chi connectivity index (χ0v) is 19.4. The molecule has 2 aromatic carbocycles. The Labute approximate surface area is 193 Å². The molecule has 0 unspecified atom stereocenters. The summed E-state index contributed by atoms with van der Waals surface area (Å²) in [6.45, 7) is 5.90. The summed E-state index contributed by atoms with van der Waals surface area (Å²) in [5.41, 5.74) is 2.35. The molecule has 0 radical (unpaired) electrons. The second kappa shape index (κ2) is 10.3. The molecule has 0 aliphatic rings. The van der Waals surface area contributed by atoms with Gasteiger partial charge in [0.1, 0.15) is 5.75 Å². The number of likely N-dealkylation sites (N-methyl/N-ethyl adjacent to an activating group) is 1. The van der Waals surface area contributed by atoms with Crippen molar-refractivity contribution in [1.82, 2.24) is 14.5 Å². The van der Waals surface area contributed by atoms with Crippen LogP contribution in [0.25, 0.3) is 16.9 Å². The predicted octanol–water partition coefficient (Wildman–Crippen LogP) is 4.64. The number of hydrogen-bond donors (Lipinski definition) is 1. The minimum atomic E-state index is -0.316. The van der Waals surface area contributed by atoms with E-state index in [9.17, 15) is 9.59 Å². The van der Waals surface area contributed by atoms with Crippen molar-refractivity contribution in [3.8, 4) is 22.7 Å². The molecule has 0 spiro atoms. The van der Waals surface area contributed by atoms with Gasteiger partial charge in [0.15, 0.2) is 0 Å². The van der Waals surface area contributed by atoms with Crippen molar-refractivity contribution >= 4 is 29.4 Å². The van der Waals surface area contributed by atoms with Crippen molar-refractivity contribution in [3.05, 3.63) is 59.8 Å². The summed E-state index contributed by atoms with van der Waals surface area (Å²) >= 11 is 6.01. The van der Waals surface area contributed by atoms with Gasteiger partial charge < -0.3 is 9.64 Å². The Hall–Kier alpha value is -3.32. The molecule has 8 heteroatoms. The first-order valence-electron chi connectivity index (χ1n) is 10.4. The first kappa shape index (κ1) is 23.3. The number of imidazole rings is 1. The molecule has 0 aliphatic carbocycles. The van der Waals surface area contributed by atoms with E-state index >= 15 is 0 Å². The maximum atomic E-state index is 12.8. The highest BCUT2D eigenvalue weighted by Crippen LogP contribution is 2.26. The van der Waals surface area contributed by atoms with Crippen molar-refractivity contribution in [2.45, 2.75) is 20.8 Å². The first-order valence-corrected chi connectivity index (χ1v) is 10.8. The Morgan fingerprint density at radius 3 is 2.34 bits per heavy atom. The van der Waals surface area contributed by atoms with Crippen molar-refractivity contribution < 1.29 is 14.3 Å². The SMILES string of the molecule is CCN(CC(=O)Nc1nc(-c2ccc(Cl)cc2)cn1-c1ccc(OC)cc1)C(=O)C(C)C. The molecule has 3 rings (SSSR count). The van der Waals surface area contributed by atoms with Crippen LogP contribution in [0.2, 0.25) is 5.02 Å². The summed E-state index contributed by atoms with van der Waals surface area (Å²) in [5, 5.41) is 3.49. The van der Waals surface area contributed by atoms with Crippen molar-refractivity contribution in [2.75, 3.05) is 25.5 Å². The van der Waals surface area contributed by atoms with E-state index in [4.69, 9.17) is 16.3 Å². The third-order valence-electron chi connectivity index (χ3n) is 4.97. The molecule has 1 N–H and O–H groups in total. The van der Waals surface area contributed by atoms with Crippen molar-refractivity contribution in [1.29, 1.82) is 0 Å². The number of ether oxygens (including phenoxy) is 1. The number of rotatable bonds is 8. The van der Waals surface area contributed by atoms with Gasteiger partial charge in [0.2, 0.25) is 17.8 Å². The van der Waals surface area contributed by atoms with Crippen LogP contribution in [0.3, 0.4) is 0 Å². The maximum Gasteiger partial charge on any atom is 0.246 e. The lowest BCUT2D eigenvalue weighted by atomic mass is 10.2. The van der Waals surface area contributed by atoms with E-state index in [1.807, 2.05) is 63.4 Å². The minimum Gasteiger partial charge on any atom is -0.497 e. The number of halogens is 1. The van der Waals surface area contributed by atoms with Crippen LogP contribution in [0, 0.1) is 5.92 Å². The highest BCUT2D eigenvalue weighted by molar-refractivity contribution is 6.30. The number of aromatic nitrogens is 2. The molecule has 7 nitrogen and oxygen atoms in total. The molecule has 0 aliphatic heterocycles. The van der Waals surface area contributed by atoms with Gasteiger partial charge in [-0.2, -0.15) is 0 Å². The second-order valence-corrected chi connectivity index (χ2v) is 8.02. The van der Waals surface area contributed by atoms with Crippen LogP contribution in [0.15, 0.2) is 54.7 Å². The maximum absolute atomic E-state index is 12.8. The van der Waals surface area contributed by atoms with Crippen LogP contribution >= 0.6 is 11.6 Å². The van der Waals surface area contributed by atoms with E-state index < -0.39 is 0 Å². The summed E-state index contributed by atoms with van der Waals surface area (Å²) in [7, 11) is 1.61. The average molecular weight is 455 g/mol. The van der Waals surface area contributed by atoms with Crippen molar-refractivity contribution in [2.24, 2.45) is 5.92 Å². The van der Waals surface area contributed by atoms with Crippen molar-refractivity contribution in [3.63, 3.8) is 0 Å². The van der Waals surface area contributed by atoms with E-state index in [1.165, 1.54) is 4.90 Å². The van der Waals surface area contributed by atoms with Gasteiger partial charge in [0, 0.05) is 34.9 Å². The number of nitrogens with one attached hydrogen (secondary N) is 1. The summed E-state index contributed by atoms with van der Waals surface area (Å²) in [6, 6.07) is 14.7. The number of anilines is 1. The van der Waals surface area contributed by atoms with Gasteiger partial charge in [-0.3, -0.25) is 19.5 Å². The quantitative estimate of drug-likeness (QED) is 0.537. The van der Waals surface area contributed by atoms with Crippen LogP contribution < -0.4 is 10.1 Å². The Morgan fingerprint density at radius 2 is 1.78 bits per heavy atom. The van der Waals surface area contributed by atoms with Gasteiger partial charge in [-0.1, -0.05) is 37.6 Å². The number of amides is 2. The van der Waals surface area contributed by atoms with E-state index in [0.717, 1.165) is 17.0 Å². The van der Waals surface area contributed by atoms with Crippen LogP contribution in [0.1, 0.15) is 20.8 Å². The number of carbonyl (C=O) groups is 2. The molecule has 0 saturated carbocycles. The van der Waals surface area contributed by atoms with E-state index in [-0.39, 0.29) is 24.3 Å². The number of nitrogens with zero attached hydrogens (tertiary/aromatic N) is 3. The first-order chi connectivity index (χ1) is 15.3. The third kappa shape index (κ3) is 5.48. The summed E-state index contributed by atoms with van der Waals surface area (Å²) < 4.78 is 7.03. The molecule has 3 aromatic rings. The minimum absolute atomic E-state index is 0.0424. The highest BCUT2D eigenvalue weighted by Gasteiger charge is 2.20. The molecule has 0 fully saturated rings. The smallest absolute Gasteiger partial charge is 0.246 e. The van der Waals surface area contributed by atoms with Gasteiger partial charge in [-0.25, -0.2) is 4.98 Å². The summed E-state index contributed by atoms with van der Waals surface area (Å²) in [5.74, 6) is 0.522. The van der Waals surface area contributed by atoms with Crippen LogP contribution in [-0.2, 0) is 9.59 Å². The normalized spacial score (nSPS) is 10.8. The van der Waals surface area contributed by atoms with E-state index in [0.29, 0.717) is 23.2 Å². The lowest BCUT2D eigenvalue weighted by Crippen LogP contribution is -2.40. The Kier molecular flexibility index (Phi) is 7.53. The zero-order valence-electron chi connectivity index (χ0n) is 18.6. The molecule has 2 amide bonds. The van der Waals surface area contributed by atoms with E-state index in [1.54, 1.807) is 23.8 Å². The third-order valence-corrected chi connectivity index (χ3v) is 5.22.